The number of nitrogens with zero attached hydrogens (tertiary/aromatic N) is 2. The van der Waals surface area contributed by atoms with E-state index in [9.17, 15) is 9.59 Å². The summed E-state index contributed by atoms with van der Waals surface area (Å²) < 4.78 is 6.51. The lowest BCUT2D eigenvalue weighted by Gasteiger charge is -2.23. The molecular weight excluding hydrogens is 490 g/mol. The second-order valence-electron chi connectivity index (χ2n) is 6.43. The Kier molecular flexibility index (Phi) is 8.44. The molecule has 1 aromatic carbocycles. The van der Waals surface area contributed by atoms with Gasteiger partial charge in [0, 0.05) is 15.1 Å². The van der Waals surface area contributed by atoms with Crippen LogP contribution in [0.1, 0.15) is 37.9 Å². The third-order valence-corrected chi connectivity index (χ3v) is 5.21. The number of aromatic nitrogens is 1. The Bertz CT molecular complexity index is 806. The second-order valence-corrected chi connectivity index (χ2v) is 8.14. The predicted molar refractivity (Wildman–Crippen MR) is 116 cm³/mol. The Balaban J connectivity index is 2.23. The maximum absolute atomic E-state index is 12.9. The Morgan fingerprint density at radius 1 is 1.21 bits per heavy atom. The molecule has 8 heteroatoms. The minimum absolute atomic E-state index is 0.171. The Morgan fingerprint density at radius 2 is 1.89 bits per heavy atom. The second kappa shape index (κ2) is 10.6. The third kappa shape index (κ3) is 6.31. The molecule has 0 radical (unpaired) electrons. The number of rotatable bonds is 7. The van der Waals surface area contributed by atoms with E-state index in [1.807, 2.05) is 18.2 Å². The largest absolute Gasteiger partial charge is 0.465 e. The lowest BCUT2D eigenvalue weighted by Crippen LogP contribution is -2.39. The number of nitrogens with one attached hydrogen (secondary N) is 1. The Morgan fingerprint density at radius 3 is 2.43 bits per heavy atom. The summed E-state index contributed by atoms with van der Waals surface area (Å²) in [6.07, 6.45) is 1.65. The summed E-state index contributed by atoms with van der Waals surface area (Å²) in [6, 6.07) is 8.95. The van der Waals surface area contributed by atoms with E-state index in [0.717, 1.165) is 14.5 Å². The molecule has 28 heavy (non-hydrogen) atoms. The standard InChI is InChI=1S/C20H23Br2N3O3/c1-4-28-18(26)12-25(11-15-7-5-6-8-23-15)20(27)24-19-16(21)9-14(13(2)3)10-17(19)22/h5-10,13H,4,11-12H2,1-3H3,(H,24,27). The highest BCUT2D eigenvalue weighted by Crippen LogP contribution is 2.35. The molecule has 1 heterocycles. The van der Waals surface area contributed by atoms with Crippen molar-refractivity contribution in [3.05, 3.63) is 56.7 Å². The zero-order chi connectivity index (χ0) is 20.7. The average molecular weight is 513 g/mol. The fraction of sp³-hybridized carbons (Fsp3) is 0.350. The molecule has 2 amide bonds. The number of pyridine rings is 1. The van der Waals surface area contributed by atoms with Crippen molar-refractivity contribution in [1.82, 2.24) is 9.88 Å². The van der Waals surface area contributed by atoms with Crippen LogP contribution in [0.15, 0.2) is 45.5 Å². The van der Waals surface area contributed by atoms with Crippen LogP contribution in [0.4, 0.5) is 10.5 Å². The van der Waals surface area contributed by atoms with Gasteiger partial charge in [0.15, 0.2) is 0 Å². The van der Waals surface area contributed by atoms with Crippen LogP contribution >= 0.6 is 31.9 Å². The van der Waals surface area contributed by atoms with Crippen molar-refractivity contribution in [2.75, 3.05) is 18.5 Å². The van der Waals surface area contributed by atoms with Crippen molar-refractivity contribution < 1.29 is 14.3 Å². The Hall–Kier alpha value is -1.93. The van der Waals surface area contributed by atoms with Crippen molar-refractivity contribution >= 4 is 49.5 Å². The first-order valence-electron chi connectivity index (χ1n) is 8.92. The molecule has 0 spiro atoms. The van der Waals surface area contributed by atoms with E-state index in [2.05, 4.69) is 56.0 Å². The summed E-state index contributed by atoms with van der Waals surface area (Å²) in [4.78, 5) is 30.5. The van der Waals surface area contributed by atoms with Gasteiger partial charge in [-0.2, -0.15) is 0 Å². The van der Waals surface area contributed by atoms with Gasteiger partial charge in [0.2, 0.25) is 0 Å². The monoisotopic (exact) mass is 511 g/mol. The molecule has 2 rings (SSSR count). The first kappa shape index (κ1) is 22.4. The van der Waals surface area contributed by atoms with Crippen LogP contribution in [0.25, 0.3) is 0 Å². The van der Waals surface area contributed by atoms with Crippen molar-refractivity contribution in [2.24, 2.45) is 0 Å². The van der Waals surface area contributed by atoms with Crippen molar-refractivity contribution in [2.45, 2.75) is 33.2 Å². The summed E-state index contributed by atoms with van der Waals surface area (Å²) in [5.74, 6) is -0.122. The minimum atomic E-state index is -0.470. The number of esters is 1. The molecule has 2 aromatic rings. The highest BCUT2D eigenvalue weighted by atomic mass is 79.9. The average Bonchev–Trinajstić information content (AvgIpc) is 2.64. The zero-order valence-corrected chi connectivity index (χ0v) is 19.2. The number of urea groups is 1. The van der Waals surface area contributed by atoms with E-state index >= 15 is 0 Å². The third-order valence-electron chi connectivity index (χ3n) is 3.95. The molecule has 0 bridgehead atoms. The first-order valence-corrected chi connectivity index (χ1v) is 10.5. The number of benzene rings is 1. The predicted octanol–water partition coefficient (Wildman–Crippen LogP) is 5.33. The van der Waals surface area contributed by atoms with Gasteiger partial charge in [-0.05, 0) is 74.5 Å². The van der Waals surface area contributed by atoms with Crippen LogP contribution in [-0.2, 0) is 16.1 Å². The molecule has 150 valence electrons. The van der Waals surface area contributed by atoms with Crippen molar-refractivity contribution in [3.63, 3.8) is 0 Å². The summed E-state index contributed by atoms with van der Waals surface area (Å²) in [7, 11) is 0. The van der Waals surface area contributed by atoms with E-state index in [1.165, 1.54) is 4.90 Å². The summed E-state index contributed by atoms with van der Waals surface area (Å²) in [6.45, 7) is 6.19. The molecule has 1 N–H and O–H groups in total. The summed E-state index contributed by atoms with van der Waals surface area (Å²) in [5.41, 5.74) is 2.41. The van der Waals surface area contributed by atoms with E-state index in [-0.39, 0.29) is 19.7 Å². The highest BCUT2D eigenvalue weighted by molar-refractivity contribution is 9.11. The smallest absolute Gasteiger partial charge is 0.325 e. The lowest BCUT2D eigenvalue weighted by molar-refractivity contribution is -0.143. The maximum Gasteiger partial charge on any atom is 0.325 e. The van der Waals surface area contributed by atoms with Gasteiger partial charge in [-0.1, -0.05) is 19.9 Å². The lowest BCUT2D eigenvalue weighted by atomic mass is 10.0. The van der Waals surface area contributed by atoms with Gasteiger partial charge >= 0.3 is 12.0 Å². The van der Waals surface area contributed by atoms with Crippen LogP contribution < -0.4 is 5.32 Å². The molecular formula is C20H23Br2N3O3. The van der Waals surface area contributed by atoms with Crippen molar-refractivity contribution in [1.29, 1.82) is 0 Å². The number of anilines is 1. The fourth-order valence-electron chi connectivity index (χ4n) is 2.48. The molecule has 0 saturated heterocycles. The summed E-state index contributed by atoms with van der Waals surface area (Å²) >= 11 is 7.04. The molecule has 1 aromatic heterocycles. The van der Waals surface area contributed by atoms with E-state index < -0.39 is 12.0 Å². The van der Waals surface area contributed by atoms with Crippen LogP contribution in [0.2, 0.25) is 0 Å². The molecule has 0 aliphatic carbocycles. The number of ether oxygens (including phenoxy) is 1. The molecule has 0 fully saturated rings. The first-order chi connectivity index (χ1) is 13.3. The number of amides is 2. The zero-order valence-electron chi connectivity index (χ0n) is 16.0. The Labute approximate surface area is 181 Å². The number of carbonyl (C=O) groups is 2. The van der Waals surface area contributed by atoms with Gasteiger partial charge in [-0.25, -0.2) is 4.79 Å². The molecule has 0 aliphatic heterocycles. The van der Waals surface area contributed by atoms with E-state index in [4.69, 9.17) is 4.74 Å². The van der Waals surface area contributed by atoms with Gasteiger partial charge in [0.05, 0.1) is 24.5 Å². The number of carbonyl (C=O) groups excluding carboxylic acids is 2. The van der Waals surface area contributed by atoms with Gasteiger partial charge < -0.3 is 15.0 Å². The van der Waals surface area contributed by atoms with Gasteiger partial charge in [-0.15, -0.1) is 0 Å². The van der Waals surface area contributed by atoms with Gasteiger partial charge in [-0.3, -0.25) is 9.78 Å². The molecule has 0 atom stereocenters. The van der Waals surface area contributed by atoms with Crippen LogP contribution in [0, 0.1) is 0 Å². The quantitative estimate of drug-likeness (QED) is 0.509. The molecule has 0 aliphatic rings. The highest BCUT2D eigenvalue weighted by Gasteiger charge is 2.21. The SMILES string of the molecule is CCOC(=O)CN(Cc1ccccn1)C(=O)Nc1c(Br)cc(C(C)C)cc1Br. The van der Waals surface area contributed by atoms with Gasteiger partial charge in [0.1, 0.15) is 6.54 Å². The number of halogens is 2. The topological polar surface area (TPSA) is 71.5 Å². The molecule has 6 nitrogen and oxygen atoms in total. The molecule has 0 saturated carbocycles. The number of hydrogen-bond donors (Lipinski definition) is 1. The molecule has 0 unspecified atom stereocenters. The summed E-state index contributed by atoms with van der Waals surface area (Å²) in [5, 5.41) is 2.87. The van der Waals surface area contributed by atoms with Crippen LogP contribution in [0.5, 0.6) is 0 Å². The van der Waals surface area contributed by atoms with E-state index in [0.29, 0.717) is 17.3 Å². The van der Waals surface area contributed by atoms with Gasteiger partial charge in [0.25, 0.3) is 0 Å². The van der Waals surface area contributed by atoms with E-state index in [1.54, 1.807) is 25.3 Å². The number of hydrogen-bond acceptors (Lipinski definition) is 4. The van der Waals surface area contributed by atoms with Crippen molar-refractivity contribution in [3.8, 4) is 0 Å². The van der Waals surface area contributed by atoms with Crippen LogP contribution in [0.3, 0.4) is 0 Å². The van der Waals surface area contributed by atoms with Crippen LogP contribution in [-0.4, -0.2) is 35.0 Å². The minimum Gasteiger partial charge on any atom is -0.465 e. The normalized spacial score (nSPS) is 10.6. The maximum atomic E-state index is 12.9. The fourth-order valence-corrected chi connectivity index (χ4v) is 3.90.